The first-order valence-electron chi connectivity index (χ1n) is 10.3. The zero-order valence-corrected chi connectivity index (χ0v) is 18.9. The van der Waals surface area contributed by atoms with Crippen LogP contribution in [0.15, 0.2) is 59.0 Å². The highest BCUT2D eigenvalue weighted by molar-refractivity contribution is 7.17. The number of rotatable bonds is 5. The van der Waals surface area contributed by atoms with Crippen LogP contribution in [0.5, 0.6) is 0 Å². The van der Waals surface area contributed by atoms with Crippen molar-refractivity contribution < 1.29 is 4.79 Å². The van der Waals surface area contributed by atoms with Gasteiger partial charge in [0.05, 0.1) is 11.7 Å². The van der Waals surface area contributed by atoms with E-state index in [9.17, 15) is 9.59 Å². The molecule has 4 rings (SSSR count). The van der Waals surface area contributed by atoms with Crippen LogP contribution in [0.1, 0.15) is 36.5 Å². The van der Waals surface area contributed by atoms with Crippen LogP contribution in [-0.4, -0.2) is 15.5 Å². The van der Waals surface area contributed by atoms with Crippen LogP contribution in [0.3, 0.4) is 0 Å². The van der Waals surface area contributed by atoms with Crippen molar-refractivity contribution in [3.05, 3.63) is 81.2 Å². The van der Waals surface area contributed by atoms with Gasteiger partial charge in [0, 0.05) is 16.6 Å². The number of aromatic nitrogens is 2. The zero-order valence-electron chi connectivity index (χ0n) is 18.1. The Labute approximate surface area is 185 Å². The molecular weight excluding hydrogens is 406 g/mol. The van der Waals surface area contributed by atoms with Crippen LogP contribution in [0.25, 0.3) is 21.3 Å². The van der Waals surface area contributed by atoms with Gasteiger partial charge >= 0.3 is 0 Å². The Morgan fingerprint density at radius 2 is 1.90 bits per heavy atom. The number of anilines is 1. The van der Waals surface area contributed by atoms with Gasteiger partial charge in [-0.15, -0.1) is 11.3 Å². The average Bonchev–Trinajstić information content (AvgIpc) is 3.17. The van der Waals surface area contributed by atoms with E-state index in [1.165, 1.54) is 33.4 Å². The predicted molar refractivity (Wildman–Crippen MR) is 128 cm³/mol. The lowest BCUT2D eigenvalue weighted by molar-refractivity contribution is -0.116. The van der Waals surface area contributed by atoms with Crippen molar-refractivity contribution in [3.63, 3.8) is 0 Å². The molecule has 0 aliphatic heterocycles. The molecule has 0 fully saturated rings. The standard InChI is InChI=1S/C25H25N3O2S/c1-15(2)19-7-5-6-8-21(19)27-22(29)12-28-14-26-24-23(25(28)30)20(13-31-24)18-10-9-16(3)17(4)11-18/h5-11,13-15H,12H2,1-4H3,(H,27,29). The molecule has 0 atom stereocenters. The van der Waals surface area contributed by atoms with Gasteiger partial charge in [0.2, 0.25) is 5.91 Å². The van der Waals surface area contributed by atoms with Crippen LogP contribution < -0.4 is 10.9 Å². The lowest BCUT2D eigenvalue weighted by atomic mass is 10.0. The third-order valence-corrected chi connectivity index (χ3v) is 6.44. The van der Waals surface area contributed by atoms with Gasteiger partial charge in [-0.1, -0.05) is 50.2 Å². The predicted octanol–water partition coefficient (Wildman–Crippen LogP) is 5.50. The number of hydrogen-bond acceptors (Lipinski definition) is 4. The van der Waals surface area contributed by atoms with Crippen LogP contribution in [0.4, 0.5) is 5.69 Å². The van der Waals surface area contributed by atoms with Crippen LogP contribution in [-0.2, 0) is 11.3 Å². The van der Waals surface area contributed by atoms with E-state index >= 15 is 0 Å². The number of nitrogens with one attached hydrogen (secondary N) is 1. The van der Waals surface area contributed by atoms with E-state index in [1.807, 2.05) is 35.7 Å². The number of thiophene rings is 1. The van der Waals surface area contributed by atoms with Crippen molar-refractivity contribution in [2.24, 2.45) is 0 Å². The normalized spacial score (nSPS) is 11.3. The topological polar surface area (TPSA) is 64.0 Å². The fourth-order valence-corrected chi connectivity index (χ4v) is 4.57. The zero-order chi connectivity index (χ0) is 22.1. The molecule has 0 bridgehead atoms. The van der Waals surface area contributed by atoms with E-state index in [1.54, 1.807) is 0 Å². The quantitative estimate of drug-likeness (QED) is 0.453. The number of amides is 1. The molecule has 0 saturated heterocycles. The van der Waals surface area contributed by atoms with Crippen molar-refractivity contribution in [2.45, 2.75) is 40.2 Å². The third kappa shape index (κ3) is 4.16. The first-order valence-corrected chi connectivity index (χ1v) is 11.2. The molecule has 2 aromatic heterocycles. The lowest BCUT2D eigenvalue weighted by Crippen LogP contribution is -2.28. The fourth-order valence-electron chi connectivity index (χ4n) is 3.66. The Kier molecular flexibility index (Phi) is 5.74. The molecule has 31 heavy (non-hydrogen) atoms. The molecule has 0 unspecified atom stereocenters. The Morgan fingerprint density at radius 3 is 2.65 bits per heavy atom. The number of fused-ring (bicyclic) bond motifs is 1. The molecule has 0 radical (unpaired) electrons. The molecule has 6 heteroatoms. The third-order valence-electron chi connectivity index (χ3n) is 5.55. The van der Waals surface area contributed by atoms with Gasteiger partial charge in [0.25, 0.3) is 5.56 Å². The van der Waals surface area contributed by atoms with Crippen molar-refractivity contribution in [1.82, 2.24) is 9.55 Å². The molecule has 2 aromatic carbocycles. The summed E-state index contributed by atoms with van der Waals surface area (Å²) in [6, 6.07) is 13.9. The van der Waals surface area contributed by atoms with Gasteiger partial charge in [-0.3, -0.25) is 14.2 Å². The number of carbonyl (C=O) groups excluding carboxylic acids is 1. The number of nitrogens with zero attached hydrogens (tertiary/aromatic N) is 2. The summed E-state index contributed by atoms with van der Waals surface area (Å²) >= 11 is 1.44. The summed E-state index contributed by atoms with van der Waals surface area (Å²) in [4.78, 5) is 31.1. The molecule has 1 amide bonds. The minimum Gasteiger partial charge on any atom is -0.324 e. The van der Waals surface area contributed by atoms with Gasteiger partial charge in [-0.05, 0) is 48.1 Å². The molecule has 0 aliphatic rings. The molecule has 0 spiro atoms. The van der Waals surface area contributed by atoms with E-state index in [-0.39, 0.29) is 23.9 Å². The van der Waals surface area contributed by atoms with Crippen LogP contribution in [0.2, 0.25) is 0 Å². The van der Waals surface area contributed by atoms with E-state index in [2.05, 4.69) is 50.1 Å². The average molecular weight is 432 g/mol. The number of aryl methyl sites for hydroxylation is 2. The van der Waals surface area contributed by atoms with Gasteiger partial charge in [-0.2, -0.15) is 0 Å². The Balaban J connectivity index is 1.66. The van der Waals surface area contributed by atoms with Crippen molar-refractivity contribution >= 4 is 33.1 Å². The summed E-state index contributed by atoms with van der Waals surface area (Å²) in [7, 11) is 0. The summed E-state index contributed by atoms with van der Waals surface area (Å²) < 4.78 is 1.38. The van der Waals surface area contributed by atoms with Crippen molar-refractivity contribution in [3.8, 4) is 11.1 Å². The van der Waals surface area contributed by atoms with E-state index in [4.69, 9.17) is 0 Å². The Morgan fingerprint density at radius 1 is 1.13 bits per heavy atom. The highest BCUT2D eigenvalue weighted by Crippen LogP contribution is 2.31. The number of para-hydroxylation sites is 1. The summed E-state index contributed by atoms with van der Waals surface area (Å²) in [6.07, 6.45) is 1.46. The summed E-state index contributed by atoms with van der Waals surface area (Å²) in [5.74, 6) is 0.0304. The van der Waals surface area contributed by atoms with Gasteiger partial charge in [-0.25, -0.2) is 4.98 Å². The van der Waals surface area contributed by atoms with Crippen LogP contribution >= 0.6 is 11.3 Å². The SMILES string of the molecule is Cc1ccc(-c2csc3ncn(CC(=O)Nc4ccccc4C(C)C)c(=O)c23)cc1C. The Bertz CT molecular complexity index is 1330. The minimum absolute atomic E-state index is 0.0869. The molecule has 1 N–H and O–H groups in total. The maximum Gasteiger partial charge on any atom is 0.263 e. The second kappa shape index (κ2) is 8.47. The second-order valence-corrected chi connectivity index (χ2v) is 8.95. The highest BCUT2D eigenvalue weighted by Gasteiger charge is 2.16. The number of hydrogen-bond donors (Lipinski definition) is 1. The maximum absolute atomic E-state index is 13.2. The van der Waals surface area contributed by atoms with E-state index < -0.39 is 0 Å². The van der Waals surface area contributed by atoms with Gasteiger partial charge < -0.3 is 5.32 Å². The minimum atomic E-state index is -0.251. The largest absolute Gasteiger partial charge is 0.324 e. The van der Waals surface area contributed by atoms with Gasteiger partial charge in [0.1, 0.15) is 11.4 Å². The fraction of sp³-hybridized carbons (Fsp3) is 0.240. The number of benzene rings is 2. The molecule has 0 saturated carbocycles. The van der Waals surface area contributed by atoms with Crippen molar-refractivity contribution in [1.29, 1.82) is 0 Å². The first kappa shape index (κ1) is 21.0. The molecule has 2 heterocycles. The summed E-state index contributed by atoms with van der Waals surface area (Å²) in [6.45, 7) is 8.20. The smallest absolute Gasteiger partial charge is 0.263 e. The molecule has 4 aromatic rings. The maximum atomic E-state index is 13.2. The molecular formula is C25H25N3O2S. The summed E-state index contributed by atoms with van der Waals surface area (Å²) in [5.41, 5.74) is 5.86. The van der Waals surface area contributed by atoms with E-state index in [0.29, 0.717) is 10.2 Å². The summed E-state index contributed by atoms with van der Waals surface area (Å²) in [5, 5.41) is 5.47. The first-order chi connectivity index (χ1) is 14.8. The molecule has 0 aliphatic carbocycles. The van der Waals surface area contributed by atoms with E-state index in [0.717, 1.165) is 22.4 Å². The molecule has 5 nitrogen and oxygen atoms in total. The van der Waals surface area contributed by atoms with Gasteiger partial charge in [0.15, 0.2) is 0 Å². The Hall–Kier alpha value is -3.25. The number of carbonyl (C=O) groups is 1. The molecule has 158 valence electrons. The van der Waals surface area contributed by atoms with Crippen LogP contribution in [0, 0.1) is 13.8 Å². The lowest BCUT2D eigenvalue weighted by Gasteiger charge is -2.14. The second-order valence-electron chi connectivity index (χ2n) is 8.10. The van der Waals surface area contributed by atoms with Crippen molar-refractivity contribution in [2.75, 3.05) is 5.32 Å². The highest BCUT2D eigenvalue weighted by atomic mass is 32.1. The monoisotopic (exact) mass is 431 g/mol.